The monoisotopic (exact) mass is 272 g/mol. The average Bonchev–Trinajstić information content (AvgIpc) is 2.30. The molecular formula is C12H20N2O3S. The molecule has 0 saturated carbocycles. The predicted octanol–water partition coefficient (Wildman–Crippen LogP) is 0.854. The maximum atomic E-state index is 10.7. The molecule has 5 nitrogen and oxygen atoms in total. The van der Waals surface area contributed by atoms with Crippen molar-refractivity contribution in [3.63, 3.8) is 0 Å². The first-order valence-corrected chi connectivity index (χ1v) is 7.66. The number of rotatable bonds is 8. The predicted molar refractivity (Wildman–Crippen MR) is 71.9 cm³/mol. The minimum atomic E-state index is -3.34. The van der Waals surface area contributed by atoms with E-state index in [1.54, 1.807) is 0 Å². The van der Waals surface area contributed by atoms with Crippen molar-refractivity contribution in [3.05, 3.63) is 29.8 Å². The first-order valence-electron chi connectivity index (χ1n) is 5.94. The molecule has 0 atom stereocenters. The molecule has 0 aliphatic carbocycles. The lowest BCUT2D eigenvalue weighted by Gasteiger charge is -2.06. The van der Waals surface area contributed by atoms with Crippen molar-refractivity contribution < 1.29 is 13.2 Å². The van der Waals surface area contributed by atoms with E-state index < -0.39 is 10.0 Å². The average molecular weight is 272 g/mol. The molecule has 3 N–H and O–H groups in total. The fourth-order valence-electron chi connectivity index (χ4n) is 1.50. The quantitative estimate of drug-likeness (QED) is 0.688. The maximum absolute atomic E-state index is 10.7. The van der Waals surface area contributed by atoms with Gasteiger partial charge in [0.25, 0.3) is 0 Å². The van der Waals surface area contributed by atoms with Crippen LogP contribution in [0.15, 0.2) is 24.3 Å². The number of sulfonamides is 1. The summed E-state index contributed by atoms with van der Waals surface area (Å²) in [6, 6.07) is 7.81. The summed E-state index contributed by atoms with van der Waals surface area (Å²) in [5, 5.41) is 8.07. The first-order chi connectivity index (χ1) is 8.51. The van der Waals surface area contributed by atoms with Crippen LogP contribution in [0.4, 0.5) is 0 Å². The molecule has 0 fully saturated rings. The van der Waals surface area contributed by atoms with E-state index in [-0.39, 0.29) is 5.75 Å². The van der Waals surface area contributed by atoms with E-state index in [1.165, 1.54) is 0 Å². The molecule has 0 aromatic heterocycles. The standard InChI is InChI=1S/C12H20N2O3S/c1-2-17-12-6-4-11(5-7-12)10-14-8-3-9-18(13,15)16/h4-7,14H,2-3,8-10H2,1H3,(H2,13,15,16). The van der Waals surface area contributed by atoms with E-state index in [2.05, 4.69) is 5.32 Å². The van der Waals surface area contributed by atoms with Crippen LogP contribution in [0.2, 0.25) is 0 Å². The second kappa shape index (κ2) is 7.35. The minimum Gasteiger partial charge on any atom is -0.494 e. The van der Waals surface area contributed by atoms with Gasteiger partial charge in [-0.2, -0.15) is 0 Å². The summed E-state index contributed by atoms with van der Waals surface area (Å²) in [6.45, 7) is 3.94. The minimum absolute atomic E-state index is 0.0171. The molecule has 0 radical (unpaired) electrons. The topological polar surface area (TPSA) is 81.4 Å². The molecule has 1 aromatic carbocycles. The van der Waals surface area contributed by atoms with Crippen molar-refractivity contribution in [3.8, 4) is 5.75 Å². The molecule has 1 aromatic rings. The summed E-state index contributed by atoms with van der Waals surface area (Å²) >= 11 is 0. The van der Waals surface area contributed by atoms with Gasteiger partial charge in [0.1, 0.15) is 5.75 Å². The SMILES string of the molecule is CCOc1ccc(CNCCCS(N)(=O)=O)cc1. The molecule has 0 aliphatic rings. The zero-order valence-corrected chi connectivity index (χ0v) is 11.4. The zero-order valence-electron chi connectivity index (χ0n) is 10.6. The lowest BCUT2D eigenvalue weighted by atomic mass is 10.2. The normalized spacial score (nSPS) is 11.4. The third-order valence-corrected chi connectivity index (χ3v) is 3.20. The van der Waals surface area contributed by atoms with E-state index in [4.69, 9.17) is 9.88 Å². The Morgan fingerprint density at radius 3 is 2.50 bits per heavy atom. The van der Waals surface area contributed by atoms with Crippen molar-refractivity contribution in [1.29, 1.82) is 0 Å². The largest absolute Gasteiger partial charge is 0.494 e. The smallest absolute Gasteiger partial charge is 0.209 e. The van der Waals surface area contributed by atoms with Crippen LogP contribution in [0.25, 0.3) is 0 Å². The number of benzene rings is 1. The van der Waals surface area contributed by atoms with Crippen LogP contribution in [-0.4, -0.2) is 27.3 Å². The van der Waals surface area contributed by atoms with Gasteiger partial charge >= 0.3 is 0 Å². The summed E-state index contributed by atoms with van der Waals surface area (Å²) in [5.41, 5.74) is 1.13. The molecular weight excluding hydrogens is 252 g/mol. The fraction of sp³-hybridized carbons (Fsp3) is 0.500. The number of nitrogens with one attached hydrogen (secondary N) is 1. The maximum Gasteiger partial charge on any atom is 0.209 e. The van der Waals surface area contributed by atoms with Crippen LogP contribution in [-0.2, 0) is 16.6 Å². The number of primary sulfonamides is 1. The molecule has 6 heteroatoms. The summed E-state index contributed by atoms with van der Waals surface area (Å²) in [5.74, 6) is 0.874. The third-order valence-electron chi connectivity index (χ3n) is 2.35. The Kier molecular flexibility index (Phi) is 6.11. The lowest BCUT2D eigenvalue weighted by Crippen LogP contribution is -2.22. The second-order valence-electron chi connectivity index (χ2n) is 3.97. The number of hydrogen-bond acceptors (Lipinski definition) is 4. The van der Waals surface area contributed by atoms with Crippen molar-refractivity contribution in [1.82, 2.24) is 5.32 Å². The van der Waals surface area contributed by atoms with E-state index in [1.807, 2.05) is 31.2 Å². The molecule has 0 aliphatic heterocycles. The Hall–Kier alpha value is -1.11. The van der Waals surface area contributed by atoms with Crippen LogP contribution in [0, 0.1) is 0 Å². The van der Waals surface area contributed by atoms with Gasteiger partial charge in [0.05, 0.1) is 12.4 Å². The van der Waals surface area contributed by atoms with Gasteiger partial charge < -0.3 is 10.1 Å². The number of hydrogen-bond donors (Lipinski definition) is 2. The Morgan fingerprint density at radius 2 is 1.94 bits per heavy atom. The molecule has 0 spiro atoms. The van der Waals surface area contributed by atoms with Crippen molar-refractivity contribution >= 4 is 10.0 Å². The van der Waals surface area contributed by atoms with Gasteiger partial charge in [-0.1, -0.05) is 12.1 Å². The van der Waals surface area contributed by atoms with Gasteiger partial charge in [-0.15, -0.1) is 0 Å². The van der Waals surface area contributed by atoms with Crippen molar-refractivity contribution in [2.24, 2.45) is 5.14 Å². The first kappa shape index (κ1) is 14.9. The fourth-order valence-corrected chi connectivity index (χ4v) is 2.05. The van der Waals surface area contributed by atoms with Crippen LogP contribution >= 0.6 is 0 Å². The molecule has 1 rings (SSSR count). The second-order valence-corrected chi connectivity index (χ2v) is 5.71. The summed E-state index contributed by atoms with van der Waals surface area (Å²) in [4.78, 5) is 0. The third kappa shape index (κ3) is 6.58. The van der Waals surface area contributed by atoms with Crippen LogP contribution in [0.5, 0.6) is 5.75 Å². The van der Waals surface area contributed by atoms with Gasteiger partial charge in [-0.25, -0.2) is 13.6 Å². The van der Waals surface area contributed by atoms with Gasteiger partial charge in [0.2, 0.25) is 10.0 Å². The van der Waals surface area contributed by atoms with Crippen molar-refractivity contribution in [2.75, 3.05) is 18.9 Å². The van der Waals surface area contributed by atoms with Crippen molar-refractivity contribution in [2.45, 2.75) is 19.9 Å². The molecule has 0 bridgehead atoms. The Bertz CT molecular complexity index is 443. The molecule has 102 valence electrons. The molecule has 18 heavy (non-hydrogen) atoms. The Labute approximate surface area is 108 Å². The highest BCUT2D eigenvalue weighted by Crippen LogP contribution is 2.11. The number of nitrogens with two attached hydrogens (primary N) is 1. The molecule has 0 amide bonds. The summed E-state index contributed by atoms with van der Waals surface area (Å²) < 4.78 is 26.7. The zero-order chi connectivity index (χ0) is 13.4. The Morgan fingerprint density at radius 1 is 1.28 bits per heavy atom. The molecule has 0 heterocycles. The van der Waals surface area contributed by atoms with Crippen LogP contribution in [0.1, 0.15) is 18.9 Å². The van der Waals surface area contributed by atoms with E-state index >= 15 is 0 Å². The van der Waals surface area contributed by atoms with Crippen LogP contribution < -0.4 is 15.2 Å². The van der Waals surface area contributed by atoms with Gasteiger partial charge in [-0.05, 0) is 37.6 Å². The van der Waals surface area contributed by atoms with Gasteiger partial charge in [0.15, 0.2) is 0 Å². The lowest BCUT2D eigenvalue weighted by molar-refractivity contribution is 0.340. The summed E-state index contributed by atoms with van der Waals surface area (Å²) in [7, 11) is -3.34. The van der Waals surface area contributed by atoms with Crippen LogP contribution in [0.3, 0.4) is 0 Å². The highest BCUT2D eigenvalue weighted by molar-refractivity contribution is 7.89. The molecule has 0 unspecified atom stereocenters. The van der Waals surface area contributed by atoms with Gasteiger partial charge in [-0.3, -0.25) is 0 Å². The summed E-state index contributed by atoms with van der Waals surface area (Å²) in [6.07, 6.45) is 0.524. The molecule has 0 saturated heterocycles. The number of ether oxygens (including phenoxy) is 1. The highest BCUT2D eigenvalue weighted by Gasteiger charge is 2.01. The van der Waals surface area contributed by atoms with Gasteiger partial charge in [0, 0.05) is 6.54 Å². The highest BCUT2D eigenvalue weighted by atomic mass is 32.2. The van der Waals surface area contributed by atoms with E-state index in [9.17, 15) is 8.42 Å². The van der Waals surface area contributed by atoms with E-state index in [0.29, 0.717) is 26.1 Å². The Balaban J connectivity index is 2.23. The van der Waals surface area contributed by atoms with E-state index in [0.717, 1.165) is 11.3 Å².